The number of nitriles is 1. The van der Waals surface area contributed by atoms with E-state index in [4.69, 9.17) is 4.74 Å². The predicted octanol–water partition coefficient (Wildman–Crippen LogP) is 4.93. The number of fused-ring (bicyclic) bond motifs is 2. The normalized spacial score (nSPS) is 18.6. The molecule has 1 saturated heterocycles. The summed E-state index contributed by atoms with van der Waals surface area (Å²) in [7, 11) is 0. The first-order valence-electron chi connectivity index (χ1n) is 10.9. The first-order valence-corrected chi connectivity index (χ1v) is 10.9. The van der Waals surface area contributed by atoms with Crippen LogP contribution in [0, 0.1) is 23.0 Å². The van der Waals surface area contributed by atoms with Gasteiger partial charge in [0.1, 0.15) is 11.3 Å². The molecule has 34 heavy (non-hydrogen) atoms. The van der Waals surface area contributed by atoms with Gasteiger partial charge < -0.3 is 14.4 Å². The summed E-state index contributed by atoms with van der Waals surface area (Å²) in [5, 5.41) is 26.6. The van der Waals surface area contributed by atoms with Crippen molar-refractivity contribution in [2.24, 2.45) is 0 Å². The van der Waals surface area contributed by atoms with E-state index in [1.807, 2.05) is 18.4 Å². The van der Waals surface area contributed by atoms with Crippen LogP contribution in [-0.2, 0) is 14.9 Å². The third-order valence-corrected chi connectivity index (χ3v) is 6.57. The molecule has 2 aromatic carbocycles. The molecule has 0 radical (unpaired) electrons. The summed E-state index contributed by atoms with van der Waals surface area (Å²) in [5.74, 6) is -2.39. The van der Waals surface area contributed by atoms with Crippen molar-refractivity contribution >= 4 is 27.8 Å². The number of carbonyl (C=O) groups is 1. The predicted molar refractivity (Wildman–Crippen MR) is 121 cm³/mol. The number of aromatic nitrogens is 3. The van der Waals surface area contributed by atoms with E-state index >= 15 is 4.39 Å². The third-order valence-electron chi connectivity index (χ3n) is 6.57. The molecule has 0 aliphatic carbocycles. The molecule has 2 N–H and O–H groups in total. The van der Waals surface area contributed by atoms with Crippen molar-refractivity contribution in [2.45, 2.75) is 44.1 Å². The fourth-order valence-electron chi connectivity index (χ4n) is 5.03. The standard InChI is InChI=1S/C25H22F2N4O3/c1-25(2,7-8-28)23-19(14-10-18(24(32)33)34-12-14)20-17(9-13-11-29-30-22(13)21(20)27)31(23)16-5-3-15(26)4-6-16/h3-6,9,11,14,18H,7,10,12H2,1-2H3,(H,29,30)(H,32,33)/t14-,18+/m1/s1. The van der Waals surface area contributed by atoms with Crippen LogP contribution in [0.4, 0.5) is 8.78 Å². The molecular weight excluding hydrogens is 442 g/mol. The number of hydrogen-bond donors (Lipinski definition) is 2. The molecule has 7 nitrogen and oxygen atoms in total. The SMILES string of the molecule is CC(C)(CC#N)c1c([C@H]2CO[C@H](C(=O)O)C2)c2c(F)c3[nH]ncc3cc2n1-c1ccc(F)cc1. The van der Waals surface area contributed by atoms with Crippen molar-refractivity contribution in [3.05, 3.63) is 59.4 Å². The average molecular weight is 464 g/mol. The van der Waals surface area contributed by atoms with Crippen molar-refractivity contribution < 1.29 is 23.4 Å². The molecule has 0 spiro atoms. The minimum atomic E-state index is -1.07. The lowest BCUT2D eigenvalue weighted by Crippen LogP contribution is -2.24. The number of rotatable bonds is 5. The maximum atomic E-state index is 16.0. The fraction of sp³-hybridized carbons (Fsp3) is 0.320. The number of benzene rings is 2. The number of carboxylic acid groups (broad SMARTS) is 1. The van der Waals surface area contributed by atoms with E-state index in [1.54, 1.807) is 18.2 Å². The Balaban J connectivity index is 1.92. The van der Waals surface area contributed by atoms with Crippen molar-refractivity contribution in [1.29, 1.82) is 5.26 Å². The number of aliphatic carboxylic acids is 1. The zero-order chi connectivity index (χ0) is 24.2. The lowest BCUT2D eigenvalue weighted by molar-refractivity contribution is -0.147. The van der Waals surface area contributed by atoms with Gasteiger partial charge in [0.2, 0.25) is 0 Å². The second kappa shape index (κ2) is 7.92. The number of ether oxygens (including phenoxy) is 1. The molecule has 1 aliphatic rings. The highest BCUT2D eigenvalue weighted by molar-refractivity contribution is 6.00. The molecule has 1 fully saturated rings. The molecule has 0 unspecified atom stereocenters. The lowest BCUT2D eigenvalue weighted by atomic mass is 9.79. The topological polar surface area (TPSA) is 104 Å². The maximum absolute atomic E-state index is 16.0. The number of carboxylic acids is 1. The number of halogens is 2. The van der Waals surface area contributed by atoms with Gasteiger partial charge in [0, 0.05) is 39.9 Å². The van der Waals surface area contributed by atoms with Crippen LogP contribution in [0.15, 0.2) is 36.5 Å². The molecule has 5 rings (SSSR count). The van der Waals surface area contributed by atoms with Gasteiger partial charge in [-0.25, -0.2) is 13.6 Å². The van der Waals surface area contributed by atoms with E-state index in [2.05, 4.69) is 16.3 Å². The Hall–Kier alpha value is -3.77. The number of nitrogens with zero attached hydrogens (tertiary/aromatic N) is 3. The Morgan fingerprint density at radius 2 is 2.09 bits per heavy atom. The van der Waals surface area contributed by atoms with Gasteiger partial charge in [0.15, 0.2) is 11.9 Å². The van der Waals surface area contributed by atoms with Gasteiger partial charge in [-0.1, -0.05) is 13.8 Å². The molecule has 1 aliphatic heterocycles. The highest BCUT2D eigenvalue weighted by Gasteiger charge is 2.40. The smallest absolute Gasteiger partial charge is 0.332 e. The zero-order valence-corrected chi connectivity index (χ0v) is 18.6. The summed E-state index contributed by atoms with van der Waals surface area (Å²) < 4.78 is 37.2. The summed E-state index contributed by atoms with van der Waals surface area (Å²) in [4.78, 5) is 11.6. The molecule has 0 bridgehead atoms. The summed E-state index contributed by atoms with van der Waals surface area (Å²) >= 11 is 0. The van der Waals surface area contributed by atoms with Crippen molar-refractivity contribution in [2.75, 3.05) is 6.61 Å². The van der Waals surface area contributed by atoms with Gasteiger partial charge in [-0.05, 0) is 42.3 Å². The van der Waals surface area contributed by atoms with Gasteiger partial charge in [-0.15, -0.1) is 0 Å². The highest BCUT2D eigenvalue weighted by atomic mass is 19.1. The van der Waals surface area contributed by atoms with E-state index < -0.39 is 35.0 Å². The van der Waals surface area contributed by atoms with Crippen LogP contribution in [-0.4, -0.2) is 38.6 Å². The van der Waals surface area contributed by atoms with Gasteiger partial charge in [-0.2, -0.15) is 10.4 Å². The molecule has 174 valence electrons. The summed E-state index contributed by atoms with van der Waals surface area (Å²) in [6.07, 6.45) is 0.835. The van der Waals surface area contributed by atoms with Crippen LogP contribution in [0.25, 0.3) is 27.5 Å². The molecule has 4 aromatic rings. The molecule has 0 amide bonds. The third kappa shape index (κ3) is 3.33. The van der Waals surface area contributed by atoms with Crippen LogP contribution < -0.4 is 0 Å². The monoisotopic (exact) mass is 464 g/mol. The Morgan fingerprint density at radius 3 is 2.74 bits per heavy atom. The number of aromatic amines is 1. The van der Waals surface area contributed by atoms with Crippen LogP contribution in [0.2, 0.25) is 0 Å². The van der Waals surface area contributed by atoms with Gasteiger partial charge in [-0.3, -0.25) is 5.10 Å². The Morgan fingerprint density at radius 1 is 1.35 bits per heavy atom. The fourth-order valence-corrected chi connectivity index (χ4v) is 5.03. The van der Waals surface area contributed by atoms with E-state index in [0.29, 0.717) is 33.2 Å². The highest BCUT2D eigenvalue weighted by Crippen LogP contribution is 2.47. The second-order valence-electron chi connectivity index (χ2n) is 9.30. The van der Waals surface area contributed by atoms with Crippen molar-refractivity contribution in [3.8, 4) is 11.8 Å². The molecule has 9 heteroatoms. The van der Waals surface area contributed by atoms with Gasteiger partial charge >= 0.3 is 5.97 Å². The lowest BCUT2D eigenvalue weighted by Gasteiger charge is -2.28. The minimum Gasteiger partial charge on any atom is -0.479 e. The van der Waals surface area contributed by atoms with Crippen LogP contribution in [0.1, 0.15) is 43.9 Å². The average Bonchev–Trinajstić information content (AvgIpc) is 3.51. The summed E-state index contributed by atoms with van der Waals surface area (Å²) in [6.45, 7) is 3.89. The van der Waals surface area contributed by atoms with Gasteiger partial charge in [0.25, 0.3) is 0 Å². The van der Waals surface area contributed by atoms with Crippen LogP contribution in [0.5, 0.6) is 0 Å². The second-order valence-corrected chi connectivity index (χ2v) is 9.30. The van der Waals surface area contributed by atoms with E-state index in [9.17, 15) is 19.6 Å². The van der Waals surface area contributed by atoms with E-state index in [0.717, 1.165) is 0 Å². The zero-order valence-electron chi connectivity index (χ0n) is 18.6. The Bertz CT molecular complexity index is 1460. The largest absolute Gasteiger partial charge is 0.479 e. The minimum absolute atomic E-state index is 0.107. The Kier molecular flexibility index (Phi) is 5.14. The summed E-state index contributed by atoms with van der Waals surface area (Å²) in [6, 6.07) is 9.89. The number of H-pyrrole nitrogens is 1. The van der Waals surface area contributed by atoms with Crippen molar-refractivity contribution in [3.63, 3.8) is 0 Å². The van der Waals surface area contributed by atoms with Crippen LogP contribution >= 0.6 is 0 Å². The molecule has 2 aromatic heterocycles. The van der Waals surface area contributed by atoms with Crippen LogP contribution in [0.3, 0.4) is 0 Å². The number of hydrogen-bond acceptors (Lipinski definition) is 4. The summed E-state index contributed by atoms with van der Waals surface area (Å²) in [5.41, 5.74) is 1.93. The molecule has 0 saturated carbocycles. The van der Waals surface area contributed by atoms with Crippen molar-refractivity contribution in [1.82, 2.24) is 14.8 Å². The quantitative estimate of drug-likeness (QED) is 0.436. The number of nitrogens with one attached hydrogen (secondary N) is 1. The first kappa shape index (κ1) is 22.0. The Labute approximate surface area is 193 Å². The van der Waals surface area contributed by atoms with E-state index in [1.165, 1.54) is 18.3 Å². The molecular formula is C25H22F2N4O3. The first-order chi connectivity index (χ1) is 16.2. The molecule has 2 atom stereocenters. The van der Waals surface area contributed by atoms with Gasteiger partial charge in [0.05, 0.1) is 24.4 Å². The maximum Gasteiger partial charge on any atom is 0.332 e. The molecule has 3 heterocycles. The van der Waals surface area contributed by atoms with E-state index in [-0.39, 0.29) is 25.0 Å².